The van der Waals surface area contributed by atoms with Crippen LogP contribution in [0.2, 0.25) is 0 Å². The van der Waals surface area contributed by atoms with E-state index in [1.807, 2.05) is 0 Å². The summed E-state index contributed by atoms with van der Waals surface area (Å²) in [6.07, 6.45) is 0. The Morgan fingerprint density at radius 1 is 0.824 bits per heavy atom. The van der Waals surface area contributed by atoms with Crippen molar-refractivity contribution < 1.29 is 31.2 Å². The summed E-state index contributed by atoms with van der Waals surface area (Å²) in [7, 11) is -5.33. The van der Waals surface area contributed by atoms with Gasteiger partial charge in [-0.25, -0.2) is 16.8 Å². The van der Waals surface area contributed by atoms with Crippen molar-refractivity contribution in [1.82, 2.24) is 0 Å². The minimum Gasteiger partial charge on any atom is -0.497 e. The number of methoxy groups -OCH3 is 2. The van der Waals surface area contributed by atoms with Crippen LogP contribution in [0.3, 0.4) is 0 Å². The Hall–Kier alpha value is -3.84. The Labute approximate surface area is 196 Å². The number of sulfonamides is 2. The highest BCUT2D eigenvalue weighted by molar-refractivity contribution is 7.93. The van der Waals surface area contributed by atoms with Gasteiger partial charge in [-0.1, -0.05) is 6.07 Å². The summed E-state index contributed by atoms with van der Waals surface area (Å²) in [6, 6.07) is 13.0. The fourth-order valence-electron chi connectivity index (χ4n) is 2.99. The number of nitrogens with zero attached hydrogens (tertiary/aromatic N) is 1. The molecule has 2 N–H and O–H groups in total. The van der Waals surface area contributed by atoms with Crippen LogP contribution in [0.4, 0.5) is 17.1 Å². The first-order valence-electron chi connectivity index (χ1n) is 9.59. The van der Waals surface area contributed by atoms with Gasteiger partial charge in [0.1, 0.15) is 11.5 Å². The molecule has 3 rings (SSSR count). The molecule has 0 spiro atoms. The van der Waals surface area contributed by atoms with Crippen molar-refractivity contribution in [1.29, 1.82) is 0 Å². The van der Waals surface area contributed by atoms with E-state index in [9.17, 15) is 26.9 Å². The zero-order chi connectivity index (χ0) is 25.1. The highest BCUT2D eigenvalue weighted by Crippen LogP contribution is 2.31. The molecule has 34 heavy (non-hydrogen) atoms. The van der Waals surface area contributed by atoms with Gasteiger partial charge in [0.15, 0.2) is 0 Å². The summed E-state index contributed by atoms with van der Waals surface area (Å²) in [5.74, 6) is 0.732. The molecule has 0 fully saturated rings. The van der Waals surface area contributed by atoms with Gasteiger partial charge in [0, 0.05) is 23.9 Å². The minimum atomic E-state index is -4.16. The minimum absolute atomic E-state index is 0.0758. The maximum absolute atomic E-state index is 12.8. The third kappa shape index (κ3) is 5.38. The van der Waals surface area contributed by atoms with Crippen molar-refractivity contribution in [3.8, 4) is 11.5 Å². The van der Waals surface area contributed by atoms with E-state index in [1.165, 1.54) is 69.7 Å². The molecule has 180 valence electrons. The summed E-state index contributed by atoms with van der Waals surface area (Å²) in [5, 5.41) is 11.0. The summed E-state index contributed by atoms with van der Waals surface area (Å²) in [6.45, 7) is 1.51. The lowest BCUT2D eigenvalue weighted by Crippen LogP contribution is -2.16. The number of nitro groups is 1. The second kappa shape index (κ2) is 9.57. The zero-order valence-corrected chi connectivity index (χ0v) is 19.9. The van der Waals surface area contributed by atoms with Crippen LogP contribution in [0.1, 0.15) is 5.56 Å². The van der Waals surface area contributed by atoms with Gasteiger partial charge in [0.25, 0.3) is 25.7 Å². The Morgan fingerprint density at radius 2 is 1.50 bits per heavy atom. The second-order valence-corrected chi connectivity index (χ2v) is 10.3. The average molecular weight is 508 g/mol. The fraction of sp³-hybridized carbons (Fsp3) is 0.143. The summed E-state index contributed by atoms with van der Waals surface area (Å²) in [5.41, 5.74) is 0.212. The van der Waals surface area contributed by atoms with Crippen LogP contribution in [-0.4, -0.2) is 36.0 Å². The molecule has 0 aliphatic carbocycles. The zero-order valence-electron chi connectivity index (χ0n) is 18.3. The number of nitro benzene ring substituents is 1. The largest absolute Gasteiger partial charge is 0.497 e. The molecule has 0 radical (unpaired) electrons. The van der Waals surface area contributed by atoms with Crippen LogP contribution < -0.4 is 18.9 Å². The smallest absolute Gasteiger partial charge is 0.270 e. The van der Waals surface area contributed by atoms with Crippen molar-refractivity contribution in [3.05, 3.63) is 76.3 Å². The van der Waals surface area contributed by atoms with Crippen LogP contribution in [0, 0.1) is 17.0 Å². The number of nitrogens with one attached hydrogen (secondary N) is 2. The predicted molar refractivity (Wildman–Crippen MR) is 125 cm³/mol. The standard InChI is InChI=1S/C21H21N3O8S2/c1-14-4-7-16(24(25)26)12-21(14)34(29,30)22-15-5-9-18(10-6-15)33(27,28)23-19-11-8-17(31-2)13-20(19)32-3/h4-13,22-23H,1-3H3. The van der Waals surface area contributed by atoms with Crippen molar-refractivity contribution in [2.45, 2.75) is 16.7 Å². The van der Waals surface area contributed by atoms with Crippen LogP contribution in [-0.2, 0) is 20.0 Å². The van der Waals surface area contributed by atoms with Gasteiger partial charge < -0.3 is 9.47 Å². The highest BCUT2D eigenvalue weighted by atomic mass is 32.2. The number of ether oxygens (including phenoxy) is 2. The Kier molecular flexibility index (Phi) is 6.98. The van der Waals surface area contributed by atoms with Crippen LogP contribution >= 0.6 is 0 Å². The lowest BCUT2D eigenvalue weighted by Gasteiger charge is -2.14. The molecule has 0 atom stereocenters. The van der Waals surface area contributed by atoms with Crippen molar-refractivity contribution in [3.63, 3.8) is 0 Å². The Bertz CT molecular complexity index is 1440. The molecule has 0 aromatic heterocycles. The quantitative estimate of drug-likeness (QED) is 0.329. The maximum atomic E-state index is 12.8. The Balaban J connectivity index is 1.84. The number of anilines is 2. The normalized spacial score (nSPS) is 11.5. The van der Waals surface area contributed by atoms with Crippen LogP contribution in [0.25, 0.3) is 0 Å². The average Bonchev–Trinajstić information content (AvgIpc) is 2.79. The van der Waals surface area contributed by atoms with Gasteiger partial charge in [0.2, 0.25) is 0 Å². The first-order valence-corrected chi connectivity index (χ1v) is 12.6. The lowest BCUT2D eigenvalue weighted by atomic mass is 10.2. The van der Waals surface area contributed by atoms with E-state index in [0.717, 1.165) is 6.07 Å². The summed E-state index contributed by atoms with van der Waals surface area (Å²) in [4.78, 5) is 9.92. The van der Waals surface area contributed by atoms with Gasteiger partial charge in [-0.05, 0) is 48.9 Å². The van der Waals surface area contributed by atoms with E-state index in [0.29, 0.717) is 11.3 Å². The van der Waals surface area contributed by atoms with Gasteiger partial charge in [-0.2, -0.15) is 0 Å². The van der Waals surface area contributed by atoms with Gasteiger partial charge in [-0.15, -0.1) is 0 Å². The summed E-state index contributed by atoms with van der Waals surface area (Å²) >= 11 is 0. The Morgan fingerprint density at radius 3 is 2.09 bits per heavy atom. The number of non-ortho nitro benzene ring substituents is 1. The predicted octanol–water partition coefficient (Wildman–Crippen LogP) is 3.52. The summed E-state index contributed by atoms with van der Waals surface area (Å²) < 4.78 is 66.1. The topological polar surface area (TPSA) is 154 Å². The molecule has 11 nitrogen and oxygen atoms in total. The van der Waals surface area contributed by atoms with Crippen LogP contribution in [0.5, 0.6) is 11.5 Å². The molecule has 0 saturated heterocycles. The van der Waals surface area contributed by atoms with Crippen LogP contribution in [0.15, 0.2) is 70.5 Å². The second-order valence-electron chi connectivity index (χ2n) is 7.01. The van der Waals surface area contributed by atoms with E-state index < -0.39 is 25.0 Å². The number of aryl methyl sites for hydroxylation is 1. The SMILES string of the molecule is COc1ccc(NS(=O)(=O)c2ccc(NS(=O)(=O)c3cc([N+](=O)[O-])ccc3C)cc2)c(OC)c1. The molecule has 13 heteroatoms. The molecular formula is C21H21N3O8S2. The molecule has 0 aliphatic heterocycles. The fourth-order valence-corrected chi connectivity index (χ4v) is 5.39. The molecular weight excluding hydrogens is 486 g/mol. The van der Waals surface area contributed by atoms with Crippen molar-refractivity contribution in [2.24, 2.45) is 0 Å². The van der Waals surface area contributed by atoms with E-state index >= 15 is 0 Å². The third-order valence-electron chi connectivity index (χ3n) is 4.74. The number of hydrogen-bond donors (Lipinski definition) is 2. The van der Waals surface area contributed by atoms with E-state index in [4.69, 9.17) is 9.47 Å². The number of benzene rings is 3. The first kappa shape index (κ1) is 24.8. The van der Waals surface area contributed by atoms with Crippen molar-refractivity contribution >= 4 is 37.1 Å². The van der Waals surface area contributed by atoms with Gasteiger partial charge in [-0.3, -0.25) is 19.6 Å². The molecule has 3 aromatic carbocycles. The monoisotopic (exact) mass is 507 g/mol. The molecule has 0 aliphatic rings. The third-order valence-corrected chi connectivity index (χ3v) is 7.65. The van der Waals surface area contributed by atoms with Crippen molar-refractivity contribution in [2.75, 3.05) is 23.7 Å². The molecule has 0 unspecified atom stereocenters. The molecule has 3 aromatic rings. The van der Waals surface area contributed by atoms with Gasteiger partial charge >= 0.3 is 0 Å². The van der Waals surface area contributed by atoms with Gasteiger partial charge in [0.05, 0.1) is 34.6 Å². The highest BCUT2D eigenvalue weighted by Gasteiger charge is 2.22. The lowest BCUT2D eigenvalue weighted by molar-refractivity contribution is -0.385. The van der Waals surface area contributed by atoms with E-state index in [1.54, 1.807) is 6.07 Å². The first-order chi connectivity index (χ1) is 16.0. The van der Waals surface area contributed by atoms with E-state index in [2.05, 4.69) is 9.44 Å². The molecule has 0 amide bonds. The maximum Gasteiger partial charge on any atom is 0.270 e. The molecule has 0 heterocycles. The molecule has 0 saturated carbocycles. The molecule has 0 bridgehead atoms. The number of hydrogen-bond acceptors (Lipinski definition) is 8. The van der Waals surface area contributed by atoms with E-state index in [-0.39, 0.29) is 32.6 Å². The number of rotatable bonds is 9.